The lowest BCUT2D eigenvalue weighted by molar-refractivity contribution is 0.104. The van der Waals surface area contributed by atoms with Crippen molar-refractivity contribution in [3.63, 3.8) is 0 Å². The van der Waals surface area contributed by atoms with Crippen LogP contribution in [0.25, 0.3) is 33.4 Å². The molecule has 1 aliphatic rings. The lowest BCUT2D eigenvalue weighted by Gasteiger charge is -2.22. The van der Waals surface area contributed by atoms with E-state index >= 15 is 0 Å². The first-order valence-corrected chi connectivity index (χ1v) is 9.61. The van der Waals surface area contributed by atoms with Crippen LogP contribution in [0.1, 0.15) is 42.3 Å². The Kier molecular flexibility index (Phi) is 3.53. The molecule has 0 aliphatic heterocycles. The van der Waals surface area contributed by atoms with Crippen LogP contribution in [0, 0.1) is 11.3 Å². The van der Waals surface area contributed by atoms with Gasteiger partial charge >= 0.3 is 0 Å². The molecule has 29 heavy (non-hydrogen) atoms. The minimum Gasteiger partial charge on any atom is -0.326 e. The van der Waals surface area contributed by atoms with Gasteiger partial charge in [0.1, 0.15) is 11.7 Å². The van der Waals surface area contributed by atoms with E-state index in [0.29, 0.717) is 22.4 Å². The summed E-state index contributed by atoms with van der Waals surface area (Å²) in [7, 11) is 0. The Bertz CT molecular complexity index is 1350. The molecule has 2 aromatic carbocycles. The number of carbonyl (C=O) groups is 1. The van der Waals surface area contributed by atoms with E-state index in [-0.39, 0.29) is 11.3 Å². The van der Waals surface area contributed by atoms with Gasteiger partial charge in [-0.15, -0.1) is 0 Å². The Labute approximate surface area is 169 Å². The number of rotatable bonds is 1. The highest BCUT2D eigenvalue weighted by molar-refractivity contribution is 6.27. The van der Waals surface area contributed by atoms with Crippen LogP contribution in [0.15, 0.2) is 60.8 Å². The molecule has 0 bridgehead atoms. The minimum absolute atomic E-state index is 0.0312. The molecule has 0 spiro atoms. The smallest absolute Gasteiger partial charge is 0.196 e. The van der Waals surface area contributed by atoms with Crippen LogP contribution in [0.4, 0.5) is 0 Å². The van der Waals surface area contributed by atoms with E-state index in [1.54, 1.807) is 0 Å². The number of ketones is 1. The maximum absolute atomic E-state index is 13.4. The predicted molar refractivity (Wildman–Crippen MR) is 114 cm³/mol. The molecular weight excluding hydrogens is 358 g/mol. The van der Waals surface area contributed by atoms with Gasteiger partial charge in [0, 0.05) is 33.8 Å². The third-order valence-electron chi connectivity index (χ3n) is 5.49. The molecule has 0 fully saturated rings. The summed E-state index contributed by atoms with van der Waals surface area (Å²) in [5, 5.41) is 10.6. The van der Waals surface area contributed by atoms with Crippen LogP contribution in [-0.2, 0) is 5.54 Å². The largest absolute Gasteiger partial charge is 0.326 e. The van der Waals surface area contributed by atoms with Gasteiger partial charge in [0.15, 0.2) is 5.78 Å². The highest BCUT2D eigenvalue weighted by Gasteiger charge is 2.34. The van der Waals surface area contributed by atoms with Crippen molar-refractivity contribution in [3.05, 3.63) is 77.5 Å². The van der Waals surface area contributed by atoms with Gasteiger partial charge in [-0.1, -0.05) is 54.6 Å². The molecule has 2 heterocycles. The highest BCUT2D eigenvalue weighted by atomic mass is 16.1. The van der Waals surface area contributed by atoms with Gasteiger partial charge in [-0.05, 0) is 26.3 Å². The Hall–Kier alpha value is -3.71. The van der Waals surface area contributed by atoms with E-state index < -0.39 is 0 Å². The molecular formula is C25H19N3O. The van der Waals surface area contributed by atoms with Crippen LogP contribution < -0.4 is 0 Å². The zero-order chi connectivity index (χ0) is 20.3. The number of aromatic nitrogens is 2. The summed E-state index contributed by atoms with van der Waals surface area (Å²) in [4.78, 5) is 18.4. The molecule has 0 radical (unpaired) electrons. The number of pyridine rings is 1. The third-order valence-corrected chi connectivity index (χ3v) is 5.49. The topological polar surface area (TPSA) is 58.7 Å². The molecule has 0 unspecified atom stereocenters. The molecule has 5 rings (SSSR count). The normalized spacial score (nSPS) is 12.7. The van der Waals surface area contributed by atoms with Crippen LogP contribution in [0.3, 0.4) is 0 Å². The number of nitriles is 1. The number of carbonyl (C=O) groups excluding carboxylic acids is 1. The minimum atomic E-state index is -0.259. The maximum Gasteiger partial charge on any atom is 0.196 e. The Morgan fingerprint density at radius 1 is 0.931 bits per heavy atom. The van der Waals surface area contributed by atoms with E-state index in [0.717, 1.165) is 27.7 Å². The quantitative estimate of drug-likeness (QED) is 0.385. The summed E-state index contributed by atoms with van der Waals surface area (Å²) in [5.41, 5.74) is 5.53. The first-order valence-electron chi connectivity index (χ1n) is 9.61. The van der Waals surface area contributed by atoms with E-state index in [2.05, 4.69) is 26.8 Å². The lowest BCUT2D eigenvalue weighted by atomic mass is 9.94. The number of benzene rings is 2. The fraction of sp³-hybridized carbons (Fsp3) is 0.160. The van der Waals surface area contributed by atoms with Crippen LogP contribution >= 0.6 is 0 Å². The van der Waals surface area contributed by atoms with Gasteiger partial charge in [0.05, 0.1) is 16.8 Å². The molecule has 1 aliphatic carbocycles. The van der Waals surface area contributed by atoms with Crippen LogP contribution in [-0.4, -0.2) is 15.3 Å². The maximum atomic E-state index is 13.4. The molecule has 2 aromatic heterocycles. The van der Waals surface area contributed by atoms with Crippen LogP contribution in [0.5, 0.6) is 0 Å². The van der Waals surface area contributed by atoms with Crippen molar-refractivity contribution in [2.45, 2.75) is 26.3 Å². The lowest BCUT2D eigenvalue weighted by Crippen LogP contribution is -2.21. The van der Waals surface area contributed by atoms with E-state index in [1.165, 1.54) is 0 Å². The summed E-state index contributed by atoms with van der Waals surface area (Å²) in [6, 6.07) is 19.8. The fourth-order valence-electron chi connectivity index (χ4n) is 4.19. The number of nitrogens with zero attached hydrogens (tertiary/aromatic N) is 3. The summed E-state index contributed by atoms with van der Waals surface area (Å²) in [6.45, 7) is 6.26. The highest BCUT2D eigenvalue weighted by Crippen LogP contribution is 2.45. The van der Waals surface area contributed by atoms with Gasteiger partial charge in [-0.25, -0.2) is 4.98 Å². The summed E-state index contributed by atoms with van der Waals surface area (Å²) in [5.74, 6) is -0.0312. The first kappa shape index (κ1) is 17.4. The molecule has 4 heteroatoms. The Morgan fingerprint density at radius 2 is 1.59 bits per heavy atom. The van der Waals surface area contributed by atoms with Gasteiger partial charge in [0.25, 0.3) is 0 Å². The van der Waals surface area contributed by atoms with E-state index in [9.17, 15) is 10.1 Å². The zero-order valence-corrected chi connectivity index (χ0v) is 16.5. The number of hydrogen-bond donors (Lipinski definition) is 0. The summed E-state index contributed by atoms with van der Waals surface area (Å²) in [6.07, 6.45) is 1.86. The third kappa shape index (κ3) is 2.37. The fourth-order valence-corrected chi connectivity index (χ4v) is 4.19. The van der Waals surface area contributed by atoms with Gasteiger partial charge < -0.3 is 4.57 Å². The standard InChI is InChI=1S/C25H19N3O/c1-25(2,3)28-14-16(13-26)20-19(15-9-5-4-6-10-15)21-22(27-24(20)28)17-11-7-8-12-18(17)23(21)29/h4-12,14H,1-3H3. The molecule has 0 saturated heterocycles. The number of hydrogen-bond acceptors (Lipinski definition) is 3. The van der Waals surface area contributed by atoms with Crippen molar-refractivity contribution in [2.75, 3.05) is 0 Å². The first-order chi connectivity index (χ1) is 13.9. The molecule has 0 amide bonds. The van der Waals surface area contributed by atoms with Crippen LogP contribution in [0.2, 0.25) is 0 Å². The average Bonchev–Trinajstić information content (AvgIpc) is 3.24. The second kappa shape index (κ2) is 5.89. The van der Waals surface area contributed by atoms with Crippen molar-refractivity contribution < 1.29 is 4.79 Å². The van der Waals surface area contributed by atoms with Crippen molar-refractivity contribution in [1.82, 2.24) is 9.55 Å². The molecule has 4 nitrogen and oxygen atoms in total. The molecule has 4 aromatic rings. The second-order valence-corrected chi connectivity index (χ2v) is 8.35. The summed E-state index contributed by atoms with van der Waals surface area (Å²) >= 11 is 0. The van der Waals surface area contributed by atoms with E-state index in [4.69, 9.17) is 4.98 Å². The number of fused-ring (bicyclic) bond motifs is 4. The van der Waals surface area contributed by atoms with Gasteiger partial charge in [-0.2, -0.15) is 5.26 Å². The predicted octanol–water partition coefficient (Wildman–Crippen LogP) is 5.54. The van der Waals surface area contributed by atoms with Gasteiger partial charge in [0.2, 0.25) is 0 Å². The zero-order valence-electron chi connectivity index (χ0n) is 16.5. The second-order valence-electron chi connectivity index (χ2n) is 8.35. The molecule has 0 N–H and O–H groups in total. The monoisotopic (exact) mass is 377 g/mol. The van der Waals surface area contributed by atoms with Crippen molar-refractivity contribution >= 4 is 16.8 Å². The summed E-state index contributed by atoms with van der Waals surface area (Å²) < 4.78 is 2.04. The van der Waals surface area contributed by atoms with Gasteiger partial charge in [-0.3, -0.25) is 4.79 Å². The Morgan fingerprint density at radius 3 is 2.24 bits per heavy atom. The van der Waals surface area contributed by atoms with Crippen molar-refractivity contribution in [1.29, 1.82) is 5.26 Å². The Balaban J connectivity index is 2.03. The SMILES string of the molecule is CC(C)(C)n1cc(C#N)c2c(-c3ccccc3)c3c(nc21)-c1ccccc1C3=O. The van der Waals surface area contributed by atoms with Crippen molar-refractivity contribution in [2.24, 2.45) is 0 Å². The molecule has 0 saturated carbocycles. The average molecular weight is 377 g/mol. The molecule has 0 atom stereocenters. The molecule has 140 valence electrons. The van der Waals surface area contributed by atoms with E-state index in [1.807, 2.05) is 65.4 Å². The van der Waals surface area contributed by atoms with Crippen molar-refractivity contribution in [3.8, 4) is 28.5 Å².